The molecule has 0 aromatic rings. The summed E-state index contributed by atoms with van der Waals surface area (Å²) in [5, 5.41) is 10.4. The molecule has 0 aliphatic heterocycles. The first-order valence-corrected chi connectivity index (χ1v) is 5.44. The van der Waals surface area contributed by atoms with E-state index in [4.69, 9.17) is 0 Å². The quantitative estimate of drug-likeness (QED) is 0.580. The van der Waals surface area contributed by atoms with Crippen molar-refractivity contribution in [2.45, 2.75) is 44.1 Å². The lowest BCUT2D eigenvalue weighted by molar-refractivity contribution is -0.176. The van der Waals surface area contributed by atoms with Gasteiger partial charge in [0.1, 0.15) is 0 Å². The normalized spacial score (nSPS) is 71.2. The fraction of sp³-hybridized carbons (Fsp3) is 1.00. The number of rotatable bonds is 0. The van der Waals surface area contributed by atoms with Crippen LogP contribution in [0, 0.1) is 23.2 Å². The maximum Gasteiger partial charge on any atom is 0.0712 e. The number of hydrogen-bond donors (Lipinski definition) is 1. The second kappa shape index (κ2) is 1.50. The van der Waals surface area contributed by atoms with Crippen molar-refractivity contribution in [2.75, 3.05) is 0 Å². The third kappa shape index (κ3) is 0.433. The van der Waals surface area contributed by atoms with Gasteiger partial charge in [0.05, 0.1) is 5.60 Å². The Kier molecular flexibility index (Phi) is 0.800. The van der Waals surface area contributed by atoms with Crippen LogP contribution >= 0.6 is 0 Å². The van der Waals surface area contributed by atoms with Gasteiger partial charge in [-0.1, -0.05) is 0 Å². The maximum absolute atomic E-state index is 10.4. The van der Waals surface area contributed by atoms with Crippen molar-refractivity contribution in [1.82, 2.24) is 0 Å². The molecular formula is C11H16O. The van der Waals surface area contributed by atoms with Crippen LogP contribution in [-0.2, 0) is 0 Å². The molecule has 0 aromatic heterocycles. The molecule has 4 aliphatic carbocycles. The van der Waals surface area contributed by atoms with E-state index < -0.39 is 0 Å². The minimum atomic E-state index is -0.173. The number of fused-ring (bicyclic) bond motifs is 2. The molecule has 1 nitrogen and oxygen atoms in total. The second-order valence-corrected chi connectivity index (χ2v) is 5.90. The minimum absolute atomic E-state index is 0.173. The van der Waals surface area contributed by atoms with Crippen molar-refractivity contribution in [3.63, 3.8) is 0 Å². The molecule has 4 aliphatic rings. The fourth-order valence-corrected chi connectivity index (χ4v) is 5.33. The van der Waals surface area contributed by atoms with Gasteiger partial charge >= 0.3 is 0 Å². The van der Waals surface area contributed by atoms with Gasteiger partial charge in [-0.25, -0.2) is 0 Å². The molecule has 0 saturated heterocycles. The summed E-state index contributed by atoms with van der Waals surface area (Å²) in [7, 11) is 0. The molecule has 4 rings (SSSR count). The Morgan fingerprint density at radius 1 is 0.917 bits per heavy atom. The fourth-order valence-electron chi connectivity index (χ4n) is 5.33. The molecular weight excluding hydrogens is 148 g/mol. The van der Waals surface area contributed by atoms with E-state index in [-0.39, 0.29) is 5.60 Å². The van der Waals surface area contributed by atoms with Crippen molar-refractivity contribution < 1.29 is 5.11 Å². The largest absolute Gasteiger partial charge is 0.389 e. The minimum Gasteiger partial charge on any atom is -0.389 e. The first-order valence-electron chi connectivity index (χ1n) is 5.44. The maximum atomic E-state index is 10.4. The molecule has 4 unspecified atom stereocenters. The van der Waals surface area contributed by atoms with E-state index in [2.05, 4.69) is 0 Å². The van der Waals surface area contributed by atoms with Gasteiger partial charge in [-0.05, 0) is 56.3 Å². The zero-order valence-electron chi connectivity index (χ0n) is 7.42. The number of hydrogen-bond acceptors (Lipinski definition) is 1. The summed E-state index contributed by atoms with van der Waals surface area (Å²) in [6, 6.07) is 0. The van der Waals surface area contributed by atoms with Crippen LogP contribution in [0.4, 0.5) is 0 Å². The summed E-state index contributed by atoms with van der Waals surface area (Å²) < 4.78 is 0. The Morgan fingerprint density at radius 3 is 2.67 bits per heavy atom. The Labute approximate surface area is 73.2 Å². The summed E-state index contributed by atoms with van der Waals surface area (Å²) in [6.45, 7) is 0. The van der Waals surface area contributed by atoms with Crippen LogP contribution in [0.25, 0.3) is 0 Å². The molecule has 12 heavy (non-hydrogen) atoms. The van der Waals surface area contributed by atoms with Crippen molar-refractivity contribution in [1.29, 1.82) is 0 Å². The number of aliphatic hydroxyl groups is 1. The highest BCUT2D eigenvalue weighted by atomic mass is 16.3. The van der Waals surface area contributed by atoms with Gasteiger partial charge in [0.25, 0.3) is 0 Å². The van der Waals surface area contributed by atoms with Crippen LogP contribution in [0.1, 0.15) is 38.5 Å². The Bertz CT molecular complexity index is 256. The average Bonchev–Trinajstić information content (AvgIpc) is 2.29. The molecule has 1 spiro atoms. The Hall–Kier alpha value is -0.0400. The van der Waals surface area contributed by atoms with Crippen molar-refractivity contribution >= 4 is 0 Å². The average molecular weight is 164 g/mol. The zero-order chi connectivity index (χ0) is 7.97. The van der Waals surface area contributed by atoms with Gasteiger partial charge in [-0.15, -0.1) is 0 Å². The second-order valence-electron chi connectivity index (χ2n) is 5.90. The monoisotopic (exact) mass is 164 g/mol. The highest BCUT2D eigenvalue weighted by Gasteiger charge is 2.74. The molecule has 4 saturated carbocycles. The lowest BCUT2D eigenvalue weighted by Crippen LogP contribution is -2.57. The van der Waals surface area contributed by atoms with Gasteiger partial charge < -0.3 is 5.11 Å². The van der Waals surface area contributed by atoms with E-state index in [9.17, 15) is 5.11 Å². The first-order chi connectivity index (χ1) is 5.72. The summed E-state index contributed by atoms with van der Waals surface area (Å²) in [6.07, 6.45) is 7.97. The van der Waals surface area contributed by atoms with Gasteiger partial charge in [0, 0.05) is 5.41 Å². The summed E-state index contributed by atoms with van der Waals surface area (Å²) in [5.74, 6) is 2.84. The van der Waals surface area contributed by atoms with E-state index >= 15 is 0 Å². The van der Waals surface area contributed by atoms with E-state index in [0.717, 1.165) is 30.6 Å². The third-order valence-corrected chi connectivity index (χ3v) is 5.51. The summed E-state index contributed by atoms with van der Waals surface area (Å²) in [4.78, 5) is 0. The van der Waals surface area contributed by atoms with E-state index in [1.165, 1.54) is 25.7 Å². The molecule has 66 valence electrons. The smallest absolute Gasteiger partial charge is 0.0712 e. The van der Waals surface area contributed by atoms with Crippen LogP contribution in [0.3, 0.4) is 0 Å². The molecule has 0 radical (unpaired) electrons. The molecule has 4 fully saturated rings. The molecule has 0 aromatic carbocycles. The van der Waals surface area contributed by atoms with Crippen LogP contribution in [-0.4, -0.2) is 10.7 Å². The molecule has 5 atom stereocenters. The first kappa shape index (κ1) is 6.42. The predicted octanol–water partition coefficient (Wildman–Crippen LogP) is 1.95. The third-order valence-electron chi connectivity index (χ3n) is 5.51. The van der Waals surface area contributed by atoms with E-state index in [1.807, 2.05) is 0 Å². The van der Waals surface area contributed by atoms with Crippen LogP contribution in [0.5, 0.6) is 0 Å². The summed E-state index contributed by atoms with van der Waals surface area (Å²) in [5.41, 5.74) is 0.286. The van der Waals surface area contributed by atoms with Crippen LogP contribution < -0.4 is 0 Å². The van der Waals surface area contributed by atoms with Crippen molar-refractivity contribution in [3.8, 4) is 0 Å². The van der Waals surface area contributed by atoms with Gasteiger partial charge in [-0.3, -0.25) is 0 Å². The van der Waals surface area contributed by atoms with Crippen LogP contribution in [0.2, 0.25) is 0 Å². The Morgan fingerprint density at radius 2 is 1.75 bits per heavy atom. The SMILES string of the molecule is O[C@@]12CC3CC4CC(C1)C2(C4)C3. The molecule has 1 heteroatoms. The zero-order valence-corrected chi connectivity index (χ0v) is 7.42. The van der Waals surface area contributed by atoms with Gasteiger partial charge in [0.2, 0.25) is 0 Å². The molecule has 1 N–H and O–H groups in total. The lowest BCUT2D eigenvalue weighted by Gasteiger charge is -2.55. The van der Waals surface area contributed by atoms with Crippen molar-refractivity contribution in [2.24, 2.45) is 23.2 Å². The molecule has 3 bridgehead atoms. The predicted molar refractivity (Wildman–Crippen MR) is 45.6 cm³/mol. The van der Waals surface area contributed by atoms with E-state index in [1.54, 1.807) is 0 Å². The highest BCUT2D eigenvalue weighted by molar-refractivity contribution is 5.24. The molecule has 0 heterocycles. The van der Waals surface area contributed by atoms with Crippen molar-refractivity contribution in [3.05, 3.63) is 0 Å². The Balaban J connectivity index is 1.91. The van der Waals surface area contributed by atoms with Gasteiger partial charge in [0.15, 0.2) is 0 Å². The highest BCUT2D eigenvalue weighted by Crippen LogP contribution is 2.77. The summed E-state index contributed by atoms with van der Waals surface area (Å²) >= 11 is 0. The standard InChI is InChI=1S/C11H16O/c12-11-5-8-1-7-2-9(6-11)10(11,3-7)4-8/h7-9,12H,1-6H2/t7?,8?,9?,10?,11-/m0/s1. The lowest BCUT2D eigenvalue weighted by atomic mass is 9.53. The molecule has 0 amide bonds. The van der Waals surface area contributed by atoms with E-state index in [0.29, 0.717) is 5.41 Å². The van der Waals surface area contributed by atoms with Gasteiger partial charge in [-0.2, -0.15) is 0 Å². The topological polar surface area (TPSA) is 20.2 Å². The van der Waals surface area contributed by atoms with Crippen LogP contribution in [0.15, 0.2) is 0 Å².